The zero-order chi connectivity index (χ0) is 14.5. The fourth-order valence-corrected chi connectivity index (χ4v) is 4.78. The highest BCUT2D eigenvalue weighted by atomic mass is 14.3. The largest absolute Gasteiger partial charge is 0.0854 e. The minimum Gasteiger partial charge on any atom is -0.0854 e. The first kappa shape index (κ1) is 15.4. The van der Waals surface area contributed by atoms with Crippen molar-refractivity contribution in [3.8, 4) is 0 Å². The van der Waals surface area contributed by atoms with Gasteiger partial charge in [0.05, 0.1) is 0 Å². The van der Waals surface area contributed by atoms with Crippen LogP contribution in [0.5, 0.6) is 0 Å². The second kappa shape index (κ2) is 7.65. The molecule has 0 aromatic heterocycles. The van der Waals surface area contributed by atoms with Crippen molar-refractivity contribution in [2.24, 2.45) is 29.6 Å². The lowest BCUT2D eigenvalue weighted by molar-refractivity contribution is 0.233. The van der Waals surface area contributed by atoms with Crippen LogP contribution in [0, 0.1) is 29.6 Å². The summed E-state index contributed by atoms with van der Waals surface area (Å²) in [4.78, 5) is 0. The Kier molecular flexibility index (Phi) is 5.61. The van der Waals surface area contributed by atoms with Gasteiger partial charge in [-0.05, 0) is 81.0 Å². The standard InChI is InChI=1S/C21H34/c1-17-7-13-20(14-8-17)21-15-11-19(12-16-21)10-9-18-5-3-2-4-6-18/h7,9-10,13,17-21H,2-6,8,11-12,14-16H2,1H3/b10-9+. The summed E-state index contributed by atoms with van der Waals surface area (Å²) in [7, 11) is 0. The molecule has 0 aromatic carbocycles. The lowest BCUT2D eigenvalue weighted by atomic mass is 9.72. The van der Waals surface area contributed by atoms with Crippen LogP contribution in [0.25, 0.3) is 0 Å². The molecule has 118 valence electrons. The zero-order valence-corrected chi connectivity index (χ0v) is 14.0. The van der Waals surface area contributed by atoms with E-state index in [2.05, 4.69) is 31.2 Å². The third-order valence-corrected chi connectivity index (χ3v) is 6.37. The summed E-state index contributed by atoms with van der Waals surface area (Å²) in [6, 6.07) is 0. The summed E-state index contributed by atoms with van der Waals surface area (Å²) in [6.07, 6.45) is 26.3. The van der Waals surface area contributed by atoms with E-state index in [4.69, 9.17) is 0 Å². The number of hydrogen-bond acceptors (Lipinski definition) is 0. The van der Waals surface area contributed by atoms with Crippen LogP contribution < -0.4 is 0 Å². The molecule has 0 N–H and O–H groups in total. The Morgan fingerprint density at radius 3 is 1.95 bits per heavy atom. The van der Waals surface area contributed by atoms with Crippen LogP contribution in [0.4, 0.5) is 0 Å². The Hall–Kier alpha value is -0.520. The lowest BCUT2D eigenvalue weighted by Crippen LogP contribution is -2.22. The van der Waals surface area contributed by atoms with Crippen LogP contribution in [-0.4, -0.2) is 0 Å². The fourth-order valence-electron chi connectivity index (χ4n) is 4.78. The van der Waals surface area contributed by atoms with Gasteiger partial charge in [0.2, 0.25) is 0 Å². The third kappa shape index (κ3) is 4.47. The van der Waals surface area contributed by atoms with Crippen LogP contribution in [-0.2, 0) is 0 Å². The molecule has 3 rings (SSSR count). The van der Waals surface area contributed by atoms with E-state index in [1.807, 2.05) is 0 Å². The van der Waals surface area contributed by atoms with Gasteiger partial charge in [0.15, 0.2) is 0 Å². The van der Waals surface area contributed by atoms with Crippen molar-refractivity contribution in [1.82, 2.24) is 0 Å². The normalized spacial score (nSPS) is 38.9. The van der Waals surface area contributed by atoms with Crippen molar-refractivity contribution in [2.45, 2.75) is 77.6 Å². The molecule has 0 nitrogen and oxygen atoms in total. The maximum absolute atomic E-state index is 2.60. The molecular weight excluding hydrogens is 252 g/mol. The van der Waals surface area contributed by atoms with E-state index < -0.39 is 0 Å². The Labute approximate surface area is 132 Å². The van der Waals surface area contributed by atoms with Crippen molar-refractivity contribution < 1.29 is 0 Å². The molecule has 3 aliphatic rings. The van der Waals surface area contributed by atoms with Crippen molar-refractivity contribution >= 4 is 0 Å². The summed E-state index contributed by atoms with van der Waals surface area (Å²) in [5.74, 6) is 4.54. The average Bonchev–Trinajstić information content (AvgIpc) is 2.55. The Balaban J connectivity index is 1.42. The smallest absolute Gasteiger partial charge is 0.0205 e. The molecule has 0 saturated heterocycles. The van der Waals surface area contributed by atoms with Gasteiger partial charge in [0.25, 0.3) is 0 Å². The van der Waals surface area contributed by atoms with Gasteiger partial charge in [-0.15, -0.1) is 0 Å². The molecule has 3 aliphatic carbocycles. The molecule has 0 heterocycles. The fraction of sp³-hybridized carbons (Fsp3) is 0.810. The maximum Gasteiger partial charge on any atom is -0.0205 e. The Bertz CT molecular complexity index is 350. The molecule has 0 aliphatic heterocycles. The molecule has 0 heteroatoms. The molecular formula is C21H34. The monoisotopic (exact) mass is 286 g/mol. The van der Waals surface area contributed by atoms with E-state index >= 15 is 0 Å². The predicted octanol–water partition coefficient (Wildman–Crippen LogP) is 6.53. The highest BCUT2D eigenvalue weighted by Crippen LogP contribution is 2.39. The van der Waals surface area contributed by atoms with Gasteiger partial charge in [-0.25, -0.2) is 0 Å². The SMILES string of the molecule is CC1C=CC(C2CCC(/C=C/C3CCCCC3)CC2)CC1. The van der Waals surface area contributed by atoms with E-state index in [1.165, 1.54) is 70.6 Å². The molecule has 2 saturated carbocycles. The lowest BCUT2D eigenvalue weighted by Gasteiger charge is -2.34. The summed E-state index contributed by atoms with van der Waals surface area (Å²) in [5, 5.41) is 0. The van der Waals surface area contributed by atoms with Gasteiger partial charge in [0, 0.05) is 0 Å². The highest BCUT2D eigenvalue weighted by molar-refractivity contribution is 5.01. The molecule has 2 atom stereocenters. The van der Waals surface area contributed by atoms with Gasteiger partial charge in [-0.3, -0.25) is 0 Å². The van der Waals surface area contributed by atoms with Crippen molar-refractivity contribution in [3.05, 3.63) is 24.3 Å². The Morgan fingerprint density at radius 2 is 1.33 bits per heavy atom. The average molecular weight is 287 g/mol. The summed E-state index contributed by atoms with van der Waals surface area (Å²) < 4.78 is 0. The third-order valence-electron chi connectivity index (χ3n) is 6.37. The minimum atomic E-state index is 0.830. The van der Waals surface area contributed by atoms with Gasteiger partial charge < -0.3 is 0 Å². The van der Waals surface area contributed by atoms with Crippen LogP contribution in [0.3, 0.4) is 0 Å². The van der Waals surface area contributed by atoms with Crippen LogP contribution >= 0.6 is 0 Å². The van der Waals surface area contributed by atoms with E-state index in [0.29, 0.717) is 0 Å². The second-order valence-corrected chi connectivity index (χ2v) is 8.06. The number of hydrogen-bond donors (Lipinski definition) is 0. The van der Waals surface area contributed by atoms with E-state index in [0.717, 1.165) is 29.6 Å². The first-order valence-corrected chi connectivity index (χ1v) is 9.68. The molecule has 0 radical (unpaired) electrons. The molecule has 0 bridgehead atoms. The highest BCUT2D eigenvalue weighted by Gasteiger charge is 2.27. The van der Waals surface area contributed by atoms with Crippen LogP contribution in [0.2, 0.25) is 0 Å². The minimum absolute atomic E-state index is 0.830. The van der Waals surface area contributed by atoms with Crippen LogP contribution in [0.15, 0.2) is 24.3 Å². The van der Waals surface area contributed by atoms with Gasteiger partial charge >= 0.3 is 0 Å². The van der Waals surface area contributed by atoms with Gasteiger partial charge in [0.1, 0.15) is 0 Å². The Morgan fingerprint density at radius 1 is 0.667 bits per heavy atom. The molecule has 2 fully saturated rings. The van der Waals surface area contributed by atoms with Gasteiger partial charge in [-0.2, -0.15) is 0 Å². The van der Waals surface area contributed by atoms with E-state index in [9.17, 15) is 0 Å². The molecule has 0 aromatic rings. The van der Waals surface area contributed by atoms with Crippen molar-refractivity contribution in [2.75, 3.05) is 0 Å². The topological polar surface area (TPSA) is 0 Å². The molecule has 21 heavy (non-hydrogen) atoms. The summed E-state index contributed by atoms with van der Waals surface area (Å²) in [5.41, 5.74) is 0. The second-order valence-electron chi connectivity index (χ2n) is 8.06. The summed E-state index contributed by atoms with van der Waals surface area (Å²) in [6.45, 7) is 2.36. The quantitative estimate of drug-likeness (QED) is 0.517. The zero-order valence-electron chi connectivity index (χ0n) is 14.0. The van der Waals surface area contributed by atoms with Crippen LogP contribution in [0.1, 0.15) is 77.6 Å². The van der Waals surface area contributed by atoms with Crippen molar-refractivity contribution in [1.29, 1.82) is 0 Å². The molecule has 0 spiro atoms. The first-order valence-electron chi connectivity index (χ1n) is 9.68. The number of rotatable bonds is 3. The van der Waals surface area contributed by atoms with E-state index in [-0.39, 0.29) is 0 Å². The predicted molar refractivity (Wildman–Crippen MR) is 92.2 cm³/mol. The first-order chi connectivity index (χ1) is 10.3. The van der Waals surface area contributed by atoms with E-state index in [1.54, 1.807) is 0 Å². The molecule has 2 unspecified atom stereocenters. The summed E-state index contributed by atoms with van der Waals surface area (Å²) >= 11 is 0. The number of allylic oxidation sites excluding steroid dienone is 4. The van der Waals surface area contributed by atoms with Crippen molar-refractivity contribution in [3.63, 3.8) is 0 Å². The van der Waals surface area contributed by atoms with Gasteiger partial charge in [-0.1, -0.05) is 50.5 Å². The molecule has 0 amide bonds. The maximum atomic E-state index is 2.60.